The number of aromatic nitrogens is 4. The molecule has 0 aliphatic heterocycles. The van der Waals surface area contributed by atoms with Gasteiger partial charge in [-0.1, -0.05) is 32.6 Å². The van der Waals surface area contributed by atoms with E-state index in [1.54, 1.807) is 6.92 Å². The minimum absolute atomic E-state index is 0.0345. The normalized spacial score (nSPS) is 12.4. The Morgan fingerprint density at radius 3 is 2.76 bits per heavy atom. The summed E-state index contributed by atoms with van der Waals surface area (Å²) in [5.74, 6) is -0.0345. The van der Waals surface area contributed by atoms with Gasteiger partial charge in [-0.2, -0.15) is 0 Å². The van der Waals surface area contributed by atoms with Crippen molar-refractivity contribution < 1.29 is 4.79 Å². The molecule has 1 amide bonds. The van der Waals surface area contributed by atoms with Crippen LogP contribution in [0, 0.1) is 0 Å². The number of hydrogen-bond donors (Lipinski definition) is 1. The van der Waals surface area contributed by atoms with E-state index in [-0.39, 0.29) is 11.9 Å². The van der Waals surface area contributed by atoms with Gasteiger partial charge in [-0.15, -0.1) is 5.10 Å². The quantitative estimate of drug-likeness (QED) is 0.694. The maximum absolute atomic E-state index is 11.7. The van der Waals surface area contributed by atoms with E-state index in [0.29, 0.717) is 0 Å². The maximum Gasteiger partial charge on any atom is 0.244 e. The Balaban J connectivity index is 2.13. The second kappa shape index (κ2) is 7.76. The number of carbonyl (C=O) groups excluding carboxylic acids is 1. The van der Waals surface area contributed by atoms with Crippen molar-refractivity contribution in [1.29, 1.82) is 0 Å². The Kier molecular flexibility index (Phi) is 6.21. The Morgan fingerprint density at radius 2 is 2.12 bits per heavy atom. The van der Waals surface area contributed by atoms with Crippen LogP contribution in [-0.4, -0.2) is 32.7 Å². The molecule has 0 radical (unpaired) electrons. The van der Waals surface area contributed by atoms with E-state index < -0.39 is 0 Å². The Hall–Kier alpha value is -1.46. The number of unbranched alkanes of at least 4 members (excludes halogenated alkanes) is 4. The number of tetrazole rings is 1. The lowest BCUT2D eigenvalue weighted by Crippen LogP contribution is -2.32. The standard InChI is InChI=1S/C11H21N5O/c1-3-4-5-6-7-8-12-11(17)10(2)16-9-13-14-15-16/h9-10H,3-8H2,1-2H3,(H,12,17). The van der Waals surface area contributed by atoms with Crippen LogP contribution in [-0.2, 0) is 4.79 Å². The van der Waals surface area contributed by atoms with E-state index in [2.05, 4.69) is 27.8 Å². The first-order valence-electron chi connectivity index (χ1n) is 6.26. The topological polar surface area (TPSA) is 72.7 Å². The van der Waals surface area contributed by atoms with Crippen molar-refractivity contribution in [2.45, 2.75) is 52.0 Å². The van der Waals surface area contributed by atoms with Gasteiger partial charge in [0.25, 0.3) is 0 Å². The summed E-state index contributed by atoms with van der Waals surface area (Å²) < 4.78 is 1.45. The third-order valence-corrected chi connectivity index (χ3v) is 2.72. The fourth-order valence-electron chi connectivity index (χ4n) is 1.55. The first-order chi connectivity index (χ1) is 8.25. The van der Waals surface area contributed by atoms with Crippen molar-refractivity contribution in [3.05, 3.63) is 6.33 Å². The van der Waals surface area contributed by atoms with Crippen LogP contribution in [0.25, 0.3) is 0 Å². The Morgan fingerprint density at radius 1 is 1.35 bits per heavy atom. The highest BCUT2D eigenvalue weighted by Crippen LogP contribution is 2.03. The highest BCUT2D eigenvalue weighted by Gasteiger charge is 2.14. The molecule has 1 aromatic rings. The molecule has 0 saturated heterocycles. The van der Waals surface area contributed by atoms with Gasteiger partial charge < -0.3 is 5.32 Å². The zero-order valence-electron chi connectivity index (χ0n) is 10.6. The largest absolute Gasteiger partial charge is 0.354 e. The minimum Gasteiger partial charge on any atom is -0.354 e. The Bertz CT molecular complexity index is 312. The number of nitrogens with zero attached hydrogens (tertiary/aromatic N) is 4. The fraction of sp³-hybridized carbons (Fsp3) is 0.818. The molecule has 1 heterocycles. The second-order valence-electron chi connectivity index (χ2n) is 4.17. The first-order valence-corrected chi connectivity index (χ1v) is 6.26. The third-order valence-electron chi connectivity index (χ3n) is 2.72. The summed E-state index contributed by atoms with van der Waals surface area (Å²) in [4.78, 5) is 11.7. The van der Waals surface area contributed by atoms with Crippen LogP contribution in [0.5, 0.6) is 0 Å². The molecule has 0 spiro atoms. The van der Waals surface area contributed by atoms with Crippen LogP contribution in [0.3, 0.4) is 0 Å². The molecule has 0 fully saturated rings. The number of hydrogen-bond acceptors (Lipinski definition) is 4. The van der Waals surface area contributed by atoms with Crippen molar-refractivity contribution in [3.63, 3.8) is 0 Å². The van der Waals surface area contributed by atoms with Crippen molar-refractivity contribution in [1.82, 2.24) is 25.5 Å². The molecule has 0 aliphatic rings. The van der Waals surface area contributed by atoms with E-state index in [9.17, 15) is 4.79 Å². The summed E-state index contributed by atoms with van der Waals surface area (Å²) in [6.07, 6.45) is 7.42. The van der Waals surface area contributed by atoms with E-state index in [1.165, 1.54) is 36.7 Å². The van der Waals surface area contributed by atoms with Crippen LogP contribution in [0.15, 0.2) is 6.33 Å². The molecule has 1 unspecified atom stereocenters. The van der Waals surface area contributed by atoms with Crippen molar-refractivity contribution >= 4 is 5.91 Å². The lowest BCUT2D eigenvalue weighted by molar-refractivity contribution is -0.124. The molecule has 1 rings (SSSR count). The van der Waals surface area contributed by atoms with Crippen LogP contribution in [0.1, 0.15) is 52.0 Å². The molecule has 0 bridgehead atoms. The first kappa shape index (κ1) is 13.6. The smallest absolute Gasteiger partial charge is 0.244 e. The summed E-state index contributed by atoms with van der Waals surface area (Å²) in [7, 11) is 0. The average Bonchev–Trinajstić information content (AvgIpc) is 2.86. The third kappa shape index (κ3) is 4.93. The van der Waals surface area contributed by atoms with Crippen LogP contribution in [0.2, 0.25) is 0 Å². The molecule has 1 aromatic heterocycles. The van der Waals surface area contributed by atoms with Gasteiger partial charge >= 0.3 is 0 Å². The SMILES string of the molecule is CCCCCCCNC(=O)C(C)n1cnnn1. The van der Waals surface area contributed by atoms with Crippen molar-refractivity contribution in [2.24, 2.45) is 0 Å². The van der Waals surface area contributed by atoms with Crippen molar-refractivity contribution in [2.75, 3.05) is 6.54 Å². The van der Waals surface area contributed by atoms with Gasteiger partial charge in [0.15, 0.2) is 0 Å². The summed E-state index contributed by atoms with van der Waals surface area (Å²) in [6, 6.07) is -0.347. The van der Waals surface area contributed by atoms with Crippen LogP contribution >= 0.6 is 0 Å². The average molecular weight is 239 g/mol. The number of amides is 1. The molecule has 0 aromatic carbocycles. The summed E-state index contributed by atoms with van der Waals surface area (Å²) in [6.45, 7) is 4.70. The number of nitrogens with one attached hydrogen (secondary N) is 1. The van der Waals surface area contributed by atoms with E-state index >= 15 is 0 Å². The van der Waals surface area contributed by atoms with Gasteiger partial charge in [0, 0.05) is 6.54 Å². The minimum atomic E-state index is -0.347. The zero-order valence-corrected chi connectivity index (χ0v) is 10.6. The molecule has 1 N–H and O–H groups in total. The van der Waals surface area contributed by atoms with Gasteiger partial charge in [0.1, 0.15) is 12.4 Å². The van der Waals surface area contributed by atoms with E-state index in [1.807, 2.05) is 0 Å². The molecule has 1 atom stereocenters. The molecular weight excluding hydrogens is 218 g/mol. The maximum atomic E-state index is 11.7. The lowest BCUT2D eigenvalue weighted by atomic mass is 10.1. The fourth-order valence-corrected chi connectivity index (χ4v) is 1.55. The molecule has 6 heteroatoms. The monoisotopic (exact) mass is 239 g/mol. The predicted molar refractivity (Wildman–Crippen MR) is 64.3 cm³/mol. The highest BCUT2D eigenvalue weighted by atomic mass is 16.2. The van der Waals surface area contributed by atoms with Gasteiger partial charge in [-0.3, -0.25) is 4.79 Å². The summed E-state index contributed by atoms with van der Waals surface area (Å²) >= 11 is 0. The molecule has 6 nitrogen and oxygen atoms in total. The van der Waals surface area contributed by atoms with Crippen LogP contribution < -0.4 is 5.32 Å². The number of carbonyl (C=O) groups is 1. The van der Waals surface area contributed by atoms with E-state index in [4.69, 9.17) is 0 Å². The lowest BCUT2D eigenvalue weighted by Gasteiger charge is -2.11. The van der Waals surface area contributed by atoms with Crippen LogP contribution in [0.4, 0.5) is 0 Å². The highest BCUT2D eigenvalue weighted by molar-refractivity contribution is 5.79. The summed E-state index contributed by atoms with van der Waals surface area (Å²) in [5, 5.41) is 13.6. The van der Waals surface area contributed by atoms with E-state index in [0.717, 1.165) is 13.0 Å². The van der Waals surface area contributed by atoms with Crippen molar-refractivity contribution in [3.8, 4) is 0 Å². The molecule has 0 aliphatic carbocycles. The number of rotatable bonds is 8. The second-order valence-corrected chi connectivity index (χ2v) is 4.17. The zero-order chi connectivity index (χ0) is 12.5. The summed E-state index contributed by atoms with van der Waals surface area (Å²) in [5.41, 5.74) is 0. The van der Waals surface area contributed by atoms with Gasteiger partial charge in [0.05, 0.1) is 0 Å². The molecule has 96 valence electrons. The van der Waals surface area contributed by atoms with Gasteiger partial charge in [-0.05, 0) is 23.8 Å². The van der Waals surface area contributed by atoms with Gasteiger partial charge in [0.2, 0.25) is 5.91 Å². The molecular formula is C11H21N5O. The molecule has 17 heavy (non-hydrogen) atoms. The predicted octanol–water partition coefficient (Wildman–Crippen LogP) is 1.32. The molecule has 0 saturated carbocycles. The Labute approximate surface area is 102 Å². The van der Waals surface area contributed by atoms with Gasteiger partial charge in [-0.25, -0.2) is 4.68 Å².